The standard InChI is InChI=1S/C17H29N3OS/c1-20-15(21)17(19-16(20)22,11-14-8-10-18-12-14)9-7-13-5-3-2-4-6-13/h13-14,18H,2-12H2,1H3,(H,19,22)/t14-,17?/m1/s1. The van der Waals surface area contributed by atoms with Gasteiger partial charge in [0.25, 0.3) is 5.91 Å². The molecular formula is C17H29N3OS. The smallest absolute Gasteiger partial charge is 0.254 e. The molecule has 0 spiro atoms. The van der Waals surface area contributed by atoms with Crippen LogP contribution in [0.5, 0.6) is 0 Å². The van der Waals surface area contributed by atoms with Crippen LogP contribution in [0.25, 0.3) is 0 Å². The minimum atomic E-state index is -0.431. The zero-order valence-electron chi connectivity index (χ0n) is 13.7. The van der Waals surface area contributed by atoms with Crippen LogP contribution in [0.2, 0.25) is 0 Å². The van der Waals surface area contributed by atoms with Crippen LogP contribution in [-0.2, 0) is 4.79 Å². The van der Waals surface area contributed by atoms with Gasteiger partial charge < -0.3 is 10.6 Å². The van der Waals surface area contributed by atoms with Crippen LogP contribution in [0.3, 0.4) is 0 Å². The maximum Gasteiger partial charge on any atom is 0.254 e. The van der Waals surface area contributed by atoms with Crippen molar-refractivity contribution in [3.05, 3.63) is 0 Å². The van der Waals surface area contributed by atoms with Crippen LogP contribution in [0.15, 0.2) is 0 Å². The molecule has 3 fully saturated rings. The highest BCUT2D eigenvalue weighted by molar-refractivity contribution is 7.80. The van der Waals surface area contributed by atoms with Crippen LogP contribution in [0, 0.1) is 11.8 Å². The molecule has 2 aliphatic heterocycles. The Balaban J connectivity index is 1.68. The molecule has 2 N–H and O–H groups in total. The lowest BCUT2D eigenvalue weighted by Crippen LogP contribution is -2.49. The molecule has 2 atom stereocenters. The summed E-state index contributed by atoms with van der Waals surface area (Å²) in [6.45, 7) is 2.12. The number of thiocarbonyl (C=S) groups is 1. The molecule has 1 amide bonds. The second-order valence-electron chi connectivity index (χ2n) is 7.48. The summed E-state index contributed by atoms with van der Waals surface area (Å²) in [7, 11) is 1.81. The SMILES string of the molecule is CN1C(=O)C(CCC2CCCCC2)(C[C@H]2CCNC2)NC1=S. The van der Waals surface area contributed by atoms with Gasteiger partial charge in [-0.3, -0.25) is 9.69 Å². The Morgan fingerprint density at radius 3 is 2.59 bits per heavy atom. The van der Waals surface area contributed by atoms with Crippen molar-refractivity contribution in [1.29, 1.82) is 0 Å². The van der Waals surface area contributed by atoms with E-state index in [4.69, 9.17) is 12.2 Å². The van der Waals surface area contributed by atoms with Gasteiger partial charge in [-0.1, -0.05) is 32.1 Å². The van der Waals surface area contributed by atoms with Crippen molar-refractivity contribution in [2.75, 3.05) is 20.1 Å². The summed E-state index contributed by atoms with van der Waals surface area (Å²) >= 11 is 5.36. The summed E-state index contributed by atoms with van der Waals surface area (Å²) in [5.74, 6) is 1.60. The van der Waals surface area contributed by atoms with E-state index in [1.165, 1.54) is 38.5 Å². The van der Waals surface area contributed by atoms with Gasteiger partial charge in [0.05, 0.1) is 0 Å². The molecular weight excluding hydrogens is 294 g/mol. The predicted octanol–water partition coefficient (Wildman–Crippen LogP) is 2.43. The second-order valence-corrected chi connectivity index (χ2v) is 7.87. The number of amides is 1. The molecule has 0 aromatic rings. The van der Waals surface area contributed by atoms with Crippen molar-refractivity contribution in [2.45, 2.75) is 63.3 Å². The fourth-order valence-corrected chi connectivity index (χ4v) is 4.75. The predicted molar refractivity (Wildman–Crippen MR) is 92.6 cm³/mol. The van der Waals surface area contributed by atoms with Gasteiger partial charge in [-0.25, -0.2) is 0 Å². The number of hydrogen-bond acceptors (Lipinski definition) is 3. The van der Waals surface area contributed by atoms with E-state index >= 15 is 0 Å². The fourth-order valence-electron chi connectivity index (χ4n) is 4.47. The largest absolute Gasteiger partial charge is 0.348 e. The Morgan fingerprint density at radius 2 is 2.00 bits per heavy atom. The van der Waals surface area contributed by atoms with Crippen LogP contribution in [0.4, 0.5) is 0 Å². The van der Waals surface area contributed by atoms with Crippen LogP contribution < -0.4 is 10.6 Å². The average Bonchev–Trinajstić information content (AvgIpc) is 3.11. The average molecular weight is 324 g/mol. The number of likely N-dealkylation sites (N-methyl/N-ethyl adjacent to an activating group) is 1. The first kappa shape index (κ1) is 16.2. The number of nitrogens with one attached hydrogen (secondary N) is 2. The van der Waals surface area contributed by atoms with Crippen molar-refractivity contribution in [3.63, 3.8) is 0 Å². The summed E-state index contributed by atoms with van der Waals surface area (Å²) in [5, 5.41) is 7.44. The third kappa shape index (κ3) is 3.30. The molecule has 3 rings (SSSR count). The first-order chi connectivity index (χ1) is 10.6. The highest BCUT2D eigenvalue weighted by Gasteiger charge is 2.49. The molecule has 0 aromatic heterocycles. The molecule has 1 saturated carbocycles. The first-order valence-corrected chi connectivity index (χ1v) is 9.32. The number of hydrogen-bond donors (Lipinski definition) is 2. The number of carbonyl (C=O) groups is 1. The first-order valence-electron chi connectivity index (χ1n) is 8.92. The zero-order chi connectivity index (χ0) is 15.6. The molecule has 2 heterocycles. The molecule has 2 saturated heterocycles. The van der Waals surface area contributed by atoms with Gasteiger partial charge in [-0.05, 0) is 62.8 Å². The van der Waals surface area contributed by atoms with E-state index in [-0.39, 0.29) is 5.91 Å². The third-order valence-corrected chi connectivity index (χ3v) is 6.24. The normalized spacial score (nSPS) is 33.5. The zero-order valence-corrected chi connectivity index (χ0v) is 14.5. The van der Waals surface area contributed by atoms with Gasteiger partial charge in [-0.15, -0.1) is 0 Å². The lowest BCUT2D eigenvalue weighted by atomic mass is 9.78. The van der Waals surface area contributed by atoms with Crippen molar-refractivity contribution >= 4 is 23.2 Å². The van der Waals surface area contributed by atoms with Gasteiger partial charge in [0.1, 0.15) is 5.54 Å². The lowest BCUT2D eigenvalue weighted by molar-refractivity contribution is -0.131. The van der Waals surface area contributed by atoms with Crippen LogP contribution >= 0.6 is 12.2 Å². The summed E-state index contributed by atoms with van der Waals surface area (Å²) < 4.78 is 0. The van der Waals surface area contributed by atoms with Gasteiger partial charge in [0, 0.05) is 7.05 Å². The maximum absolute atomic E-state index is 12.9. The number of nitrogens with zero attached hydrogens (tertiary/aromatic N) is 1. The van der Waals surface area contributed by atoms with E-state index in [0.717, 1.165) is 38.3 Å². The van der Waals surface area contributed by atoms with Crippen molar-refractivity contribution in [2.24, 2.45) is 11.8 Å². The Bertz CT molecular complexity index is 430. The Kier molecular flexibility index (Phi) is 5.03. The summed E-state index contributed by atoms with van der Waals surface area (Å²) in [6, 6.07) is 0. The topological polar surface area (TPSA) is 44.4 Å². The van der Waals surface area contributed by atoms with Crippen molar-refractivity contribution in [1.82, 2.24) is 15.5 Å². The van der Waals surface area contributed by atoms with E-state index < -0.39 is 5.54 Å². The second kappa shape index (κ2) is 6.83. The number of rotatable bonds is 5. The van der Waals surface area contributed by atoms with Crippen molar-refractivity contribution < 1.29 is 4.79 Å². The molecule has 124 valence electrons. The van der Waals surface area contributed by atoms with Gasteiger partial charge in [0.2, 0.25) is 0 Å². The number of carbonyl (C=O) groups excluding carboxylic acids is 1. The van der Waals surface area contributed by atoms with E-state index in [1.54, 1.807) is 4.90 Å². The van der Waals surface area contributed by atoms with Gasteiger partial charge in [0.15, 0.2) is 5.11 Å². The van der Waals surface area contributed by atoms with E-state index in [1.807, 2.05) is 7.05 Å². The highest BCUT2D eigenvalue weighted by atomic mass is 32.1. The Hall–Kier alpha value is -0.680. The molecule has 4 nitrogen and oxygen atoms in total. The minimum Gasteiger partial charge on any atom is -0.348 e. The highest BCUT2D eigenvalue weighted by Crippen LogP contribution is 2.35. The fraction of sp³-hybridized carbons (Fsp3) is 0.882. The minimum absolute atomic E-state index is 0.195. The maximum atomic E-state index is 12.9. The van der Waals surface area contributed by atoms with Crippen LogP contribution in [0.1, 0.15) is 57.8 Å². The molecule has 5 heteroatoms. The molecule has 1 unspecified atom stereocenters. The van der Waals surface area contributed by atoms with Crippen molar-refractivity contribution in [3.8, 4) is 0 Å². The van der Waals surface area contributed by atoms with E-state index in [0.29, 0.717) is 11.0 Å². The van der Waals surface area contributed by atoms with Gasteiger partial charge in [-0.2, -0.15) is 0 Å². The monoisotopic (exact) mass is 323 g/mol. The molecule has 1 aliphatic carbocycles. The Labute approximate surface area is 139 Å². The molecule has 0 radical (unpaired) electrons. The lowest BCUT2D eigenvalue weighted by Gasteiger charge is -2.32. The Morgan fingerprint density at radius 1 is 1.23 bits per heavy atom. The van der Waals surface area contributed by atoms with Crippen LogP contribution in [-0.4, -0.2) is 41.6 Å². The summed E-state index contributed by atoms with van der Waals surface area (Å²) in [6.07, 6.45) is 11.0. The van der Waals surface area contributed by atoms with E-state index in [2.05, 4.69) is 10.6 Å². The molecule has 3 aliphatic rings. The molecule has 0 aromatic carbocycles. The molecule has 22 heavy (non-hydrogen) atoms. The summed E-state index contributed by atoms with van der Waals surface area (Å²) in [5.41, 5.74) is -0.431. The quantitative estimate of drug-likeness (QED) is 0.763. The van der Waals surface area contributed by atoms with E-state index in [9.17, 15) is 4.79 Å². The molecule has 0 bridgehead atoms. The summed E-state index contributed by atoms with van der Waals surface area (Å²) in [4.78, 5) is 14.5. The van der Waals surface area contributed by atoms with Gasteiger partial charge >= 0.3 is 0 Å². The third-order valence-electron chi connectivity index (χ3n) is 5.87.